The van der Waals surface area contributed by atoms with Gasteiger partial charge in [-0.3, -0.25) is 4.79 Å². The highest BCUT2D eigenvalue weighted by atomic mass is 79.9. The zero-order valence-electron chi connectivity index (χ0n) is 10.6. The number of carbonyl (C=O) groups is 1. The van der Waals surface area contributed by atoms with E-state index in [0.29, 0.717) is 13.0 Å². The van der Waals surface area contributed by atoms with E-state index < -0.39 is 6.10 Å². The molecule has 0 bridgehead atoms. The van der Waals surface area contributed by atoms with Crippen molar-refractivity contribution in [3.63, 3.8) is 0 Å². The lowest BCUT2D eigenvalue weighted by Gasteiger charge is -2.09. The number of aliphatic hydroxyl groups excluding tert-OH is 1. The number of ether oxygens (including phenoxy) is 1. The molecule has 0 aliphatic carbocycles. The Morgan fingerprint density at radius 3 is 2.89 bits per heavy atom. The standard InChI is InChI=1S/C13H18BrNO3/c1-9(16)5-6-15-13(17)8-10-7-11(18-2)3-4-12(10)14/h3-4,7,9,16H,5-6,8H2,1-2H3,(H,15,17). The topological polar surface area (TPSA) is 58.6 Å². The second-order valence-electron chi connectivity index (χ2n) is 4.12. The van der Waals surface area contributed by atoms with Crippen LogP contribution >= 0.6 is 15.9 Å². The Labute approximate surface area is 115 Å². The minimum absolute atomic E-state index is 0.0652. The van der Waals surface area contributed by atoms with Gasteiger partial charge in [0.25, 0.3) is 0 Å². The maximum absolute atomic E-state index is 11.7. The van der Waals surface area contributed by atoms with Crippen molar-refractivity contribution in [1.82, 2.24) is 5.32 Å². The largest absolute Gasteiger partial charge is 0.497 e. The molecule has 5 heteroatoms. The normalized spacial score (nSPS) is 12.0. The van der Waals surface area contributed by atoms with Crippen LogP contribution in [0.4, 0.5) is 0 Å². The smallest absolute Gasteiger partial charge is 0.224 e. The molecule has 0 saturated heterocycles. The second kappa shape index (κ2) is 7.38. The third-order valence-electron chi connectivity index (χ3n) is 2.49. The van der Waals surface area contributed by atoms with Gasteiger partial charge in [0.15, 0.2) is 0 Å². The molecule has 0 spiro atoms. The van der Waals surface area contributed by atoms with Crippen molar-refractivity contribution in [2.45, 2.75) is 25.9 Å². The third-order valence-corrected chi connectivity index (χ3v) is 3.26. The summed E-state index contributed by atoms with van der Waals surface area (Å²) in [6.45, 7) is 2.18. The van der Waals surface area contributed by atoms with E-state index in [1.54, 1.807) is 14.0 Å². The van der Waals surface area contributed by atoms with Gasteiger partial charge in [-0.2, -0.15) is 0 Å². The number of hydrogen-bond donors (Lipinski definition) is 2. The van der Waals surface area contributed by atoms with E-state index in [0.717, 1.165) is 15.8 Å². The molecule has 0 aliphatic heterocycles. The zero-order chi connectivity index (χ0) is 13.5. The predicted octanol–water partition coefficient (Wildman–Crippen LogP) is 1.89. The summed E-state index contributed by atoms with van der Waals surface area (Å²) in [5.74, 6) is 0.662. The monoisotopic (exact) mass is 315 g/mol. The summed E-state index contributed by atoms with van der Waals surface area (Å²) < 4.78 is 6.00. The number of carbonyl (C=O) groups excluding carboxylic acids is 1. The highest BCUT2D eigenvalue weighted by Crippen LogP contribution is 2.22. The van der Waals surface area contributed by atoms with Gasteiger partial charge in [0.1, 0.15) is 5.75 Å². The van der Waals surface area contributed by atoms with E-state index in [1.165, 1.54) is 0 Å². The van der Waals surface area contributed by atoms with Crippen LogP contribution in [-0.4, -0.2) is 30.8 Å². The van der Waals surface area contributed by atoms with Crippen LogP contribution in [0.25, 0.3) is 0 Å². The van der Waals surface area contributed by atoms with E-state index in [1.807, 2.05) is 18.2 Å². The quantitative estimate of drug-likeness (QED) is 0.842. The van der Waals surface area contributed by atoms with Crippen molar-refractivity contribution in [3.8, 4) is 5.75 Å². The second-order valence-corrected chi connectivity index (χ2v) is 4.98. The van der Waals surface area contributed by atoms with Crippen LogP contribution in [0.15, 0.2) is 22.7 Å². The number of hydrogen-bond acceptors (Lipinski definition) is 3. The molecule has 0 heterocycles. The Morgan fingerprint density at radius 2 is 2.28 bits per heavy atom. The Morgan fingerprint density at radius 1 is 1.56 bits per heavy atom. The summed E-state index contributed by atoms with van der Waals surface area (Å²) in [6, 6.07) is 5.52. The van der Waals surface area contributed by atoms with Gasteiger partial charge in [0.05, 0.1) is 19.6 Å². The van der Waals surface area contributed by atoms with Crippen LogP contribution in [0.2, 0.25) is 0 Å². The molecule has 4 nitrogen and oxygen atoms in total. The molecule has 1 unspecified atom stereocenters. The van der Waals surface area contributed by atoms with Gasteiger partial charge in [0, 0.05) is 11.0 Å². The number of methoxy groups -OCH3 is 1. The van der Waals surface area contributed by atoms with Gasteiger partial charge in [-0.05, 0) is 37.1 Å². The van der Waals surface area contributed by atoms with Crippen LogP contribution < -0.4 is 10.1 Å². The van der Waals surface area contributed by atoms with Crippen molar-refractivity contribution < 1.29 is 14.6 Å². The van der Waals surface area contributed by atoms with E-state index >= 15 is 0 Å². The molecule has 0 fully saturated rings. The summed E-state index contributed by atoms with van der Waals surface area (Å²) in [7, 11) is 1.59. The first kappa shape index (κ1) is 15.0. The fourth-order valence-electron chi connectivity index (χ4n) is 1.47. The van der Waals surface area contributed by atoms with Crippen LogP contribution in [0.3, 0.4) is 0 Å². The van der Waals surface area contributed by atoms with Gasteiger partial charge in [-0.15, -0.1) is 0 Å². The van der Waals surface area contributed by atoms with Crippen molar-refractivity contribution in [1.29, 1.82) is 0 Å². The molecule has 0 radical (unpaired) electrons. The minimum Gasteiger partial charge on any atom is -0.497 e. The molecule has 18 heavy (non-hydrogen) atoms. The van der Waals surface area contributed by atoms with E-state index in [-0.39, 0.29) is 12.3 Å². The third kappa shape index (κ3) is 5.06. The molecule has 1 aromatic rings. The Balaban J connectivity index is 2.53. The number of benzene rings is 1. The predicted molar refractivity (Wildman–Crippen MR) is 73.7 cm³/mol. The van der Waals surface area contributed by atoms with Crippen LogP contribution in [0.5, 0.6) is 5.75 Å². The van der Waals surface area contributed by atoms with E-state index in [9.17, 15) is 4.79 Å². The van der Waals surface area contributed by atoms with Gasteiger partial charge < -0.3 is 15.2 Å². The highest BCUT2D eigenvalue weighted by molar-refractivity contribution is 9.10. The first-order valence-corrected chi connectivity index (χ1v) is 6.59. The summed E-state index contributed by atoms with van der Waals surface area (Å²) in [5, 5.41) is 11.9. The lowest BCUT2D eigenvalue weighted by molar-refractivity contribution is -0.120. The van der Waals surface area contributed by atoms with Crippen molar-refractivity contribution >= 4 is 21.8 Å². The molecular formula is C13H18BrNO3. The van der Waals surface area contributed by atoms with Gasteiger partial charge in [-0.25, -0.2) is 0 Å². The fourth-order valence-corrected chi connectivity index (χ4v) is 1.86. The molecule has 1 rings (SSSR count). The van der Waals surface area contributed by atoms with Crippen LogP contribution in [-0.2, 0) is 11.2 Å². The molecule has 0 aromatic heterocycles. The Bertz CT molecular complexity index is 407. The van der Waals surface area contributed by atoms with Crippen LogP contribution in [0, 0.1) is 0 Å². The molecule has 2 N–H and O–H groups in total. The number of amides is 1. The molecule has 100 valence electrons. The fraction of sp³-hybridized carbons (Fsp3) is 0.462. The molecule has 1 amide bonds. The highest BCUT2D eigenvalue weighted by Gasteiger charge is 2.08. The minimum atomic E-state index is -0.395. The summed E-state index contributed by atoms with van der Waals surface area (Å²) in [4.78, 5) is 11.7. The van der Waals surface area contributed by atoms with Gasteiger partial charge >= 0.3 is 0 Å². The van der Waals surface area contributed by atoms with Gasteiger partial charge in [0.2, 0.25) is 5.91 Å². The van der Waals surface area contributed by atoms with Crippen molar-refractivity contribution in [3.05, 3.63) is 28.2 Å². The van der Waals surface area contributed by atoms with Gasteiger partial charge in [-0.1, -0.05) is 15.9 Å². The van der Waals surface area contributed by atoms with Crippen LogP contribution in [0.1, 0.15) is 18.9 Å². The number of nitrogens with one attached hydrogen (secondary N) is 1. The zero-order valence-corrected chi connectivity index (χ0v) is 12.2. The first-order valence-electron chi connectivity index (χ1n) is 5.80. The summed E-state index contributed by atoms with van der Waals surface area (Å²) in [5.41, 5.74) is 0.879. The average molecular weight is 316 g/mol. The average Bonchev–Trinajstić information content (AvgIpc) is 2.31. The number of aliphatic hydroxyl groups is 1. The first-order chi connectivity index (χ1) is 8.52. The number of halogens is 1. The summed E-state index contributed by atoms with van der Waals surface area (Å²) in [6.07, 6.45) is 0.455. The number of rotatable bonds is 6. The molecule has 0 saturated carbocycles. The van der Waals surface area contributed by atoms with Crippen molar-refractivity contribution in [2.75, 3.05) is 13.7 Å². The Hall–Kier alpha value is -1.07. The maximum Gasteiger partial charge on any atom is 0.224 e. The molecular weight excluding hydrogens is 298 g/mol. The summed E-state index contributed by atoms with van der Waals surface area (Å²) >= 11 is 3.40. The lowest BCUT2D eigenvalue weighted by atomic mass is 10.1. The SMILES string of the molecule is COc1ccc(Br)c(CC(=O)NCCC(C)O)c1. The maximum atomic E-state index is 11.7. The Kier molecular flexibility index (Phi) is 6.15. The molecule has 0 aliphatic rings. The van der Waals surface area contributed by atoms with E-state index in [2.05, 4.69) is 21.2 Å². The van der Waals surface area contributed by atoms with Crippen molar-refractivity contribution in [2.24, 2.45) is 0 Å². The van der Waals surface area contributed by atoms with E-state index in [4.69, 9.17) is 9.84 Å². The molecule has 1 atom stereocenters. The lowest BCUT2D eigenvalue weighted by Crippen LogP contribution is -2.28. The molecule has 1 aromatic carbocycles.